The van der Waals surface area contributed by atoms with Crippen LogP contribution in [0.25, 0.3) is 0 Å². The number of nitrogens with zero attached hydrogens (tertiary/aromatic N) is 2. The average molecular weight is 318 g/mol. The van der Waals surface area contributed by atoms with Gasteiger partial charge in [0, 0.05) is 12.8 Å². The summed E-state index contributed by atoms with van der Waals surface area (Å²) < 4.78 is 6.57. The van der Waals surface area contributed by atoms with Gasteiger partial charge in [-0.3, -0.25) is 9.59 Å². The van der Waals surface area contributed by atoms with Crippen LogP contribution in [0.15, 0.2) is 34.6 Å². The van der Waals surface area contributed by atoms with Gasteiger partial charge in [-0.1, -0.05) is 31.5 Å². The number of esters is 1. The minimum absolute atomic E-state index is 0.161. The summed E-state index contributed by atoms with van der Waals surface area (Å²) in [6.45, 7) is 5.46. The van der Waals surface area contributed by atoms with Crippen molar-refractivity contribution in [2.45, 2.75) is 33.6 Å². The fraction of sp³-hybridized carbons (Fsp3) is 0.312. The minimum Gasteiger partial charge on any atom is -0.408 e. The molecule has 5 nitrogen and oxygen atoms in total. The Kier molecular flexibility index (Phi) is 5.27. The second-order valence-electron chi connectivity index (χ2n) is 4.71. The van der Waals surface area contributed by atoms with Gasteiger partial charge in [-0.05, 0) is 19.1 Å². The van der Waals surface area contributed by atoms with Gasteiger partial charge in [0.05, 0.1) is 11.1 Å². The fourth-order valence-electron chi connectivity index (χ4n) is 1.76. The van der Waals surface area contributed by atoms with Crippen LogP contribution in [0.1, 0.15) is 37.0 Å². The maximum Gasteiger partial charge on any atom is 0.312 e. The zero-order valence-electron chi connectivity index (χ0n) is 12.8. The number of ether oxygens (including phenoxy) is 1. The van der Waals surface area contributed by atoms with Gasteiger partial charge in [0.15, 0.2) is 4.80 Å². The Balaban J connectivity index is 2.49. The largest absolute Gasteiger partial charge is 0.408 e. The highest BCUT2D eigenvalue weighted by Crippen LogP contribution is 2.16. The molecule has 0 amide bonds. The highest BCUT2D eigenvalue weighted by Gasteiger charge is 2.15. The van der Waals surface area contributed by atoms with Gasteiger partial charge in [-0.25, -0.2) is 9.56 Å². The van der Waals surface area contributed by atoms with Crippen molar-refractivity contribution >= 4 is 28.9 Å². The maximum atomic E-state index is 12.1. The molecular formula is C16H18N2O3S. The number of aromatic nitrogens is 1. The normalized spacial score (nSPS) is 11.5. The van der Waals surface area contributed by atoms with E-state index in [-0.39, 0.29) is 24.2 Å². The van der Waals surface area contributed by atoms with E-state index in [4.69, 9.17) is 4.74 Å². The average Bonchev–Trinajstić information content (AvgIpc) is 2.91. The summed E-state index contributed by atoms with van der Waals surface area (Å²) in [6.07, 6.45) is 0.551. The molecule has 0 aliphatic carbocycles. The minimum atomic E-state index is -0.377. The van der Waals surface area contributed by atoms with E-state index in [0.29, 0.717) is 11.2 Å². The van der Waals surface area contributed by atoms with E-state index in [1.807, 2.05) is 31.2 Å². The summed E-state index contributed by atoms with van der Waals surface area (Å²) in [5.41, 5.74) is 1.89. The molecule has 0 bridgehead atoms. The lowest BCUT2D eigenvalue weighted by Gasteiger charge is -2.06. The molecular weight excluding hydrogens is 300 g/mol. The molecule has 0 unspecified atom stereocenters. The molecule has 1 aromatic heterocycles. The van der Waals surface area contributed by atoms with Crippen molar-refractivity contribution in [2.75, 3.05) is 0 Å². The van der Waals surface area contributed by atoms with Crippen LogP contribution in [0.2, 0.25) is 0 Å². The molecule has 0 saturated carbocycles. The van der Waals surface area contributed by atoms with Crippen molar-refractivity contribution in [3.8, 4) is 5.88 Å². The van der Waals surface area contributed by atoms with E-state index in [1.54, 1.807) is 19.2 Å². The highest BCUT2D eigenvalue weighted by molar-refractivity contribution is 7.07. The van der Waals surface area contributed by atoms with Crippen LogP contribution < -0.4 is 9.54 Å². The number of carbonyl (C=O) groups excluding carboxylic acids is 2. The van der Waals surface area contributed by atoms with Gasteiger partial charge in [0.25, 0.3) is 0 Å². The van der Waals surface area contributed by atoms with Crippen molar-refractivity contribution in [1.82, 2.24) is 4.57 Å². The SMILES string of the molecule is CCC(=O)Oc1csc(=Nc2ccc(C)cc2)n1C(=O)CC. The predicted molar refractivity (Wildman–Crippen MR) is 85.6 cm³/mol. The molecule has 0 radical (unpaired) electrons. The summed E-state index contributed by atoms with van der Waals surface area (Å²) >= 11 is 1.27. The Morgan fingerprint density at radius 1 is 1.18 bits per heavy atom. The van der Waals surface area contributed by atoms with Crippen LogP contribution in [0.3, 0.4) is 0 Å². The Morgan fingerprint density at radius 2 is 1.86 bits per heavy atom. The van der Waals surface area contributed by atoms with Crippen LogP contribution in [-0.2, 0) is 4.79 Å². The Morgan fingerprint density at radius 3 is 2.45 bits per heavy atom. The molecule has 0 spiro atoms. The summed E-state index contributed by atoms with van der Waals surface area (Å²) in [7, 11) is 0. The number of benzene rings is 1. The fourth-order valence-corrected chi connectivity index (χ4v) is 2.57. The second kappa shape index (κ2) is 7.17. The van der Waals surface area contributed by atoms with Gasteiger partial charge in [0.1, 0.15) is 0 Å². The summed E-state index contributed by atoms with van der Waals surface area (Å²) in [5.74, 6) is -0.307. The molecule has 2 rings (SSSR count). The molecule has 1 heterocycles. The first kappa shape index (κ1) is 16.2. The number of rotatable bonds is 4. The van der Waals surface area contributed by atoms with E-state index < -0.39 is 0 Å². The zero-order valence-corrected chi connectivity index (χ0v) is 13.6. The Hall–Kier alpha value is -2.21. The van der Waals surface area contributed by atoms with Crippen molar-refractivity contribution in [2.24, 2.45) is 4.99 Å². The predicted octanol–water partition coefficient (Wildman–Crippen LogP) is 3.46. The third-order valence-electron chi connectivity index (χ3n) is 2.99. The monoisotopic (exact) mass is 318 g/mol. The van der Waals surface area contributed by atoms with Gasteiger partial charge < -0.3 is 4.74 Å². The van der Waals surface area contributed by atoms with E-state index in [9.17, 15) is 9.59 Å². The van der Waals surface area contributed by atoms with E-state index in [1.165, 1.54) is 15.9 Å². The quantitative estimate of drug-likeness (QED) is 0.811. The van der Waals surface area contributed by atoms with Crippen molar-refractivity contribution in [3.05, 3.63) is 40.0 Å². The lowest BCUT2D eigenvalue weighted by Crippen LogP contribution is -2.24. The molecule has 0 fully saturated rings. The topological polar surface area (TPSA) is 60.7 Å². The molecule has 0 atom stereocenters. The van der Waals surface area contributed by atoms with Gasteiger partial charge in [-0.2, -0.15) is 0 Å². The van der Waals surface area contributed by atoms with E-state index >= 15 is 0 Å². The van der Waals surface area contributed by atoms with E-state index in [0.717, 1.165) is 11.3 Å². The molecule has 0 N–H and O–H groups in total. The highest BCUT2D eigenvalue weighted by atomic mass is 32.1. The van der Waals surface area contributed by atoms with Gasteiger partial charge >= 0.3 is 5.97 Å². The van der Waals surface area contributed by atoms with Crippen LogP contribution >= 0.6 is 11.3 Å². The van der Waals surface area contributed by atoms with Crippen molar-refractivity contribution < 1.29 is 14.3 Å². The number of carbonyl (C=O) groups is 2. The first-order chi connectivity index (χ1) is 10.5. The number of thiazole rings is 1. The molecule has 22 heavy (non-hydrogen) atoms. The summed E-state index contributed by atoms with van der Waals surface area (Å²) in [5, 5.41) is 1.63. The molecule has 0 saturated heterocycles. The number of hydrogen-bond acceptors (Lipinski definition) is 5. The Labute approximate surface area is 132 Å². The standard InChI is InChI=1S/C16H18N2O3S/c1-4-13(19)18-14(21-15(20)5-2)10-22-16(18)17-12-8-6-11(3)7-9-12/h6-10H,4-5H2,1-3H3. The lowest BCUT2D eigenvalue weighted by molar-refractivity contribution is -0.134. The van der Waals surface area contributed by atoms with Crippen molar-refractivity contribution in [3.63, 3.8) is 0 Å². The van der Waals surface area contributed by atoms with Crippen molar-refractivity contribution in [1.29, 1.82) is 0 Å². The molecule has 0 aliphatic heterocycles. The maximum absolute atomic E-state index is 12.1. The van der Waals surface area contributed by atoms with Gasteiger partial charge in [0.2, 0.25) is 11.8 Å². The van der Waals surface area contributed by atoms with Crippen LogP contribution in [0, 0.1) is 6.92 Å². The molecule has 1 aromatic carbocycles. The van der Waals surface area contributed by atoms with Crippen LogP contribution in [0.5, 0.6) is 5.88 Å². The summed E-state index contributed by atoms with van der Waals surface area (Å²) in [6, 6.07) is 7.67. The first-order valence-corrected chi connectivity index (χ1v) is 7.99. The van der Waals surface area contributed by atoms with Gasteiger partial charge in [-0.15, -0.1) is 11.3 Å². The number of hydrogen-bond donors (Lipinski definition) is 0. The van der Waals surface area contributed by atoms with E-state index in [2.05, 4.69) is 4.99 Å². The molecule has 116 valence electrons. The second-order valence-corrected chi connectivity index (χ2v) is 5.55. The zero-order chi connectivity index (χ0) is 16.1. The molecule has 0 aliphatic rings. The lowest BCUT2D eigenvalue weighted by atomic mass is 10.2. The smallest absolute Gasteiger partial charge is 0.312 e. The summed E-state index contributed by atoms with van der Waals surface area (Å²) in [4.78, 5) is 28.6. The van der Waals surface area contributed by atoms with Crippen LogP contribution in [-0.4, -0.2) is 16.4 Å². The third kappa shape index (κ3) is 3.71. The Bertz CT molecular complexity index is 741. The first-order valence-electron chi connectivity index (χ1n) is 7.11. The molecule has 2 aromatic rings. The third-order valence-corrected chi connectivity index (χ3v) is 3.80. The van der Waals surface area contributed by atoms with Crippen LogP contribution in [0.4, 0.5) is 5.69 Å². The molecule has 6 heteroatoms. The number of aryl methyl sites for hydroxylation is 1.